The molecular formula is C29H60N. The van der Waals surface area contributed by atoms with Crippen LogP contribution < -0.4 is 5.73 Å². The lowest BCUT2D eigenvalue weighted by atomic mass is 10.0. The molecule has 1 radical (unpaired) electrons. The summed E-state index contributed by atoms with van der Waals surface area (Å²) in [7, 11) is 0. The Labute approximate surface area is 192 Å². The van der Waals surface area contributed by atoms with Crippen molar-refractivity contribution < 1.29 is 0 Å². The van der Waals surface area contributed by atoms with Crippen molar-refractivity contribution in [3.05, 3.63) is 0 Å². The van der Waals surface area contributed by atoms with Gasteiger partial charge in [-0.3, -0.25) is 5.73 Å². The number of rotatable bonds is 27. The third-order valence-electron chi connectivity index (χ3n) is 6.78. The van der Waals surface area contributed by atoms with Gasteiger partial charge in [0.25, 0.3) is 0 Å². The standard InChI is InChI=1S/C29H60N/c1-2-3-4-5-6-7-8-9-10-11-12-13-14-15-16-17-18-19-20-21-22-23-24-25-26-27-28-29-30/h30H,2-29H2,1H3. The number of hydrogen-bond donors (Lipinski definition) is 0. The van der Waals surface area contributed by atoms with Gasteiger partial charge in [-0.2, -0.15) is 0 Å². The van der Waals surface area contributed by atoms with E-state index in [4.69, 9.17) is 5.73 Å². The molecule has 0 aliphatic rings. The van der Waals surface area contributed by atoms with Crippen LogP contribution in [-0.4, -0.2) is 6.54 Å². The molecule has 30 heavy (non-hydrogen) atoms. The molecule has 1 heteroatoms. The summed E-state index contributed by atoms with van der Waals surface area (Å²) in [6.45, 7) is 2.93. The molecule has 0 aromatic heterocycles. The predicted molar refractivity (Wildman–Crippen MR) is 138 cm³/mol. The predicted octanol–water partition coefficient (Wildman–Crippen LogP) is 10.8. The molecule has 0 spiro atoms. The lowest BCUT2D eigenvalue weighted by Gasteiger charge is -2.04. The smallest absolute Gasteiger partial charge is 0.00997 e. The first-order chi connectivity index (χ1) is 14.9. The van der Waals surface area contributed by atoms with E-state index in [0.29, 0.717) is 6.54 Å². The highest BCUT2D eigenvalue weighted by atomic mass is 14.5. The van der Waals surface area contributed by atoms with Gasteiger partial charge in [-0.05, 0) is 6.42 Å². The Hall–Kier alpha value is -0.0400. The molecule has 0 saturated carbocycles. The van der Waals surface area contributed by atoms with E-state index in [1.807, 2.05) is 0 Å². The molecule has 0 atom stereocenters. The quantitative estimate of drug-likeness (QED) is 0.117. The average Bonchev–Trinajstić information content (AvgIpc) is 2.76. The summed E-state index contributed by atoms with van der Waals surface area (Å²) in [5, 5.41) is 0. The van der Waals surface area contributed by atoms with Crippen molar-refractivity contribution in [2.75, 3.05) is 6.54 Å². The van der Waals surface area contributed by atoms with E-state index in [2.05, 4.69) is 6.92 Å². The van der Waals surface area contributed by atoms with Crippen LogP contribution in [0.2, 0.25) is 0 Å². The summed E-state index contributed by atoms with van der Waals surface area (Å²) >= 11 is 0. The SMILES string of the molecule is CCCCCCCCCCCCCCCCCCCCCCCCCCCCC[NH]. The Bertz CT molecular complexity index is 248. The summed E-state index contributed by atoms with van der Waals surface area (Å²) in [4.78, 5) is 0. The third-order valence-corrected chi connectivity index (χ3v) is 6.78. The van der Waals surface area contributed by atoms with Crippen LogP contribution in [0.5, 0.6) is 0 Å². The molecule has 0 bridgehead atoms. The molecule has 0 aliphatic carbocycles. The molecule has 1 nitrogen and oxygen atoms in total. The van der Waals surface area contributed by atoms with Crippen molar-refractivity contribution in [1.29, 1.82) is 0 Å². The van der Waals surface area contributed by atoms with Gasteiger partial charge in [0.15, 0.2) is 0 Å². The van der Waals surface area contributed by atoms with Gasteiger partial charge in [0, 0.05) is 6.54 Å². The maximum absolute atomic E-state index is 7.14. The van der Waals surface area contributed by atoms with Crippen LogP contribution in [0.3, 0.4) is 0 Å². The monoisotopic (exact) mass is 422 g/mol. The molecule has 0 amide bonds. The largest absolute Gasteiger partial charge is 0.258 e. The van der Waals surface area contributed by atoms with Gasteiger partial charge >= 0.3 is 0 Å². The van der Waals surface area contributed by atoms with Gasteiger partial charge < -0.3 is 0 Å². The van der Waals surface area contributed by atoms with Crippen LogP contribution >= 0.6 is 0 Å². The number of unbranched alkanes of at least 4 members (excludes halogenated alkanes) is 26. The van der Waals surface area contributed by atoms with Crippen LogP contribution in [0.25, 0.3) is 0 Å². The van der Waals surface area contributed by atoms with Crippen molar-refractivity contribution in [2.24, 2.45) is 0 Å². The van der Waals surface area contributed by atoms with E-state index in [1.54, 1.807) is 0 Å². The molecule has 0 aromatic rings. The highest BCUT2D eigenvalue weighted by Gasteiger charge is 1.96. The minimum Gasteiger partial charge on any atom is -0.258 e. The van der Waals surface area contributed by atoms with E-state index in [0.717, 1.165) is 6.42 Å². The first-order valence-electron chi connectivity index (χ1n) is 14.6. The molecule has 0 aromatic carbocycles. The maximum Gasteiger partial charge on any atom is 0.00997 e. The van der Waals surface area contributed by atoms with Crippen molar-refractivity contribution in [1.82, 2.24) is 5.73 Å². The zero-order chi connectivity index (χ0) is 21.8. The topological polar surface area (TPSA) is 23.8 Å². The molecule has 0 aliphatic heterocycles. The van der Waals surface area contributed by atoms with Gasteiger partial charge in [-0.25, -0.2) is 0 Å². The van der Waals surface area contributed by atoms with Gasteiger partial charge in [-0.15, -0.1) is 0 Å². The fourth-order valence-corrected chi connectivity index (χ4v) is 4.62. The zero-order valence-corrected chi connectivity index (χ0v) is 21.3. The first kappa shape index (κ1) is 30.0. The van der Waals surface area contributed by atoms with Gasteiger partial charge in [0.2, 0.25) is 0 Å². The second-order valence-electron chi connectivity index (χ2n) is 9.94. The van der Waals surface area contributed by atoms with Crippen LogP contribution in [0.1, 0.15) is 180 Å². The molecule has 0 rings (SSSR count). The van der Waals surface area contributed by atoms with Crippen LogP contribution in [0.4, 0.5) is 0 Å². The minimum atomic E-state index is 0.624. The van der Waals surface area contributed by atoms with Crippen LogP contribution in [-0.2, 0) is 0 Å². The first-order valence-corrected chi connectivity index (χ1v) is 14.6. The molecule has 0 fully saturated rings. The van der Waals surface area contributed by atoms with Crippen molar-refractivity contribution in [2.45, 2.75) is 180 Å². The summed E-state index contributed by atoms with van der Waals surface area (Å²) in [6.07, 6.45) is 38.9. The molecule has 0 unspecified atom stereocenters. The second kappa shape index (κ2) is 29.0. The Morgan fingerprint density at radius 2 is 0.433 bits per heavy atom. The van der Waals surface area contributed by atoms with Gasteiger partial charge in [0.1, 0.15) is 0 Å². The molecule has 1 N–H and O–H groups in total. The number of hydrogen-bond acceptors (Lipinski definition) is 0. The zero-order valence-electron chi connectivity index (χ0n) is 21.3. The van der Waals surface area contributed by atoms with E-state index in [9.17, 15) is 0 Å². The van der Waals surface area contributed by atoms with E-state index in [1.165, 1.54) is 167 Å². The third kappa shape index (κ3) is 28.0. The average molecular weight is 423 g/mol. The summed E-state index contributed by atoms with van der Waals surface area (Å²) in [6, 6.07) is 0. The van der Waals surface area contributed by atoms with E-state index >= 15 is 0 Å². The number of nitrogens with one attached hydrogen (secondary N) is 1. The molecule has 181 valence electrons. The second-order valence-corrected chi connectivity index (χ2v) is 9.94. The lowest BCUT2D eigenvalue weighted by molar-refractivity contribution is 0.515. The van der Waals surface area contributed by atoms with Crippen molar-refractivity contribution in [3.63, 3.8) is 0 Å². The summed E-state index contributed by atoms with van der Waals surface area (Å²) in [5.74, 6) is 0. The minimum absolute atomic E-state index is 0.624. The summed E-state index contributed by atoms with van der Waals surface area (Å²) in [5.41, 5.74) is 7.14. The highest BCUT2D eigenvalue weighted by molar-refractivity contribution is 4.52. The fourth-order valence-electron chi connectivity index (χ4n) is 4.62. The Morgan fingerprint density at radius 3 is 0.600 bits per heavy atom. The maximum atomic E-state index is 7.14. The highest BCUT2D eigenvalue weighted by Crippen LogP contribution is 2.16. The van der Waals surface area contributed by atoms with Crippen LogP contribution in [0.15, 0.2) is 0 Å². The Balaban J connectivity index is 2.97. The van der Waals surface area contributed by atoms with Crippen molar-refractivity contribution in [3.8, 4) is 0 Å². The summed E-state index contributed by atoms with van der Waals surface area (Å²) < 4.78 is 0. The van der Waals surface area contributed by atoms with E-state index < -0.39 is 0 Å². The van der Waals surface area contributed by atoms with Crippen LogP contribution in [0, 0.1) is 0 Å². The molecule has 0 saturated heterocycles. The lowest BCUT2D eigenvalue weighted by Crippen LogP contribution is -1.86. The normalized spacial score (nSPS) is 11.4. The van der Waals surface area contributed by atoms with Gasteiger partial charge in [0.05, 0.1) is 0 Å². The fraction of sp³-hybridized carbons (Fsp3) is 1.00. The van der Waals surface area contributed by atoms with Crippen molar-refractivity contribution >= 4 is 0 Å². The van der Waals surface area contributed by atoms with Gasteiger partial charge in [-0.1, -0.05) is 174 Å². The molecular weight excluding hydrogens is 362 g/mol. The Morgan fingerprint density at radius 1 is 0.267 bits per heavy atom. The molecule has 0 heterocycles. The van der Waals surface area contributed by atoms with E-state index in [-0.39, 0.29) is 0 Å². The Kier molecular flexibility index (Phi) is 28.9.